The summed E-state index contributed by atoms with van der Waals surface area (Å²) in [5, 5.41) is 10.9. The number of amides is 1. The maximum atomic E-state index is 11.5. The van der Waals surface area contributed by atoms with E-state index in [1.807, 2.05) is 18.2 Å². The highest BCUT2D eigenvalue weighted by Crippen LogP contribution is 2.10. The van der Waals surface area contributed by atoms with Crippen molar-refractivity contribution in [1.29, 1.82) is 0 Å². The van der Waals surface area contributed by atoms with Gasteiger partial charge in [0.1, 0.15) is 5.75 Å². The molecule has 0 bridgehead atoms. The van der Waals surface area contributed by atoms with E-state index in [0.717, 1.165) is 0 Å². The predicted octanol–water partition coefficient (Wildman–Crippen LogP) is 1.04. The minimum Gasteiger partial charge on any atom is -0.481 e. The maximum absolute atomic E-state index is 11.5. The Hall–Kier alpha value is -2.04. The number of carbonyl (C=O) groups excluding carboxylic acids is 1. The largest absolute Gasteiger partial charge is 0.481 e. The summed E-state index contributed by atoms with van der Waals surface area (Å²) in [7, 11) is 0. The number of carbonyl (C=O) groups is 2. The van der Waals surface area contributed by atoms with E-state index in [9.17, 15) is 9.59 Å². The van der Waals surface area contributed by atoms with Crippen LogP contribution in [0.25, 0.3) is 0 Å². The first kappa shape index (κ1) is 13.0. The second-order valence-corrected chi connectivity index (χ2v) is 3.51. The van der Waals surface area contributed by atoms with Gasteiger partial charge in [-0.2, -0.15) is 0 Å². The third kappa shape index (κ3) is 5.01. The van der Waals surface area contributed by atoms with Crippen LogP contribution in [0.3, 0.4) is 0 Å². The Balaban J connectivity index is 2.34. The van der Waals surface area contributed by atoms with Gasteiger partial charge in [-0.15, -0.1) is 0 Å². The molecule has 0 spiro atoms. The van der Waals surface area contributed by atoms with Gasteiger partial charge in [0.2, 0.25) is 0 Å². The van der Waals surface area contributed by atoms with Crippen molar-refractivity contribution in [3.05, 3.63) is 30.3 Å². The Morgan fingerprint density at radius 2 is 2.00 bits per heavy atom. The van der Waals surface area contributed by atoms with Crippen molar-refractivity contribution in [1.82, 2.24) is 5.32 Å². The van der Waals surface area contributed by atoms with Crippen molar-refractivity contribution in [3.8, 4) is 5.75 Å². The van der Waals surface area contributed by atoms with E-state index in [1.165, 1.54) is 0 Å². The zero-order valence-corrected chi connectivity index (χ0v) is 9.55. The molecule has 0 saturated carbocycles. The highest BCUT2D eigenvalue weighted by Gasteiger charge is 2.14. The Labute approximate surface area is 99.4 Å². The number of para-hydroxylation sites is 1. The Morgan fingerprint density at radius 3 is 2.59 bits per heavy atom. The molecule has 0 radical (unpaired) electrons. The molecule has 0 heterocycles. The molecule has 0 fully saturated rings. The molecule has 2 N–H and O–H groups in total. The summed E-state index contributed by atoms with van der Waals surface area (Å²) in [4.78, 5) is 21.8. The van der Waals surface area contributed by atoms with Crippen LogP contribution in [0.5, 0.6) is 5.75 Å². The highest BCUT2D eigenvalue weighted by atomic mass is 16.5. The van der Waals surface area contributed by atoms with Gasteiger partial charge in [-0.25, -0.2) is 0 Å². The predicted molar refractivity (Wildman–Crippen MR) is 61.8 cm³/mol. The van der Waals surface area contributed by atoms with Gasteiger partial charge in [-0.05, 0) is 19.1 Å². The molecule has 1 rings (SSSR count). The van der Waals surface area contributed by atoms with Gasteiger partial charge in [0, 0.05) is 6.54 Å². The van der Waals surface area contributed by atoms with Gasteiger partial charge < -0.3 is 15.2 Å². The third-order valence-electron chi connectivity index (χ3n) is 2.06. The topological polar surface area (TPSA) is 75.6 Å². The van der Waals surface area contributed by atoms with Crippen molar-refractivity contribution in [2.24, 2.45) is 0 Å². The molecule has 1 unspecified atom stereocenters. The van der Waals surface area contributed by atoms with E-state index in [1.54, 1.807) is 19.1 Å². The fourth-order valence-electron chi connectivity index (χ4n) is 1.19. The number of hydrogen-bond donors (Lipinski definition) is 2. The molecule has 0 aromatic heterocycles. The molecule has 0 aliphatic rings. The fraction of sp³-hybridized carbons (Fsp3) is 0.333. The van der Waals surface area contributed by atoms with Gasteiger partial charge in [-0.3, -0.25) is 9.59 Å². The number of aliphatic carboxylic acids is 1. The molecule has 1 amide bonds. The van der Waals surface area contributed by atoms with Crippen molar-refractivity contribution in [2.45, 2.75) is 19.4 Å². The number of benzene rings is 1. The normalized spacial score (nSPS) is 11.6. The minimum atomic E-state index is -0.943. The summed E-state index contributed by atoms with van der Waals surface area (Å²) in [5.41, 5.74) is 0. The zero-order chi connectivity index (χ0) is 12.7. The van der Waals surface area contributed by atoms with Crippen molar-refractivity contribution in [3.63, 3.8) is 0 Å². The monoisotopic (exact) mass is 237 g/mol. The lowest BCUT2D eigenvalue weighted by Gasteiger charge is -2.14. The van der Waals surface area contributed by atoms with Crippen molar-refractivity contribution in [2.75, 3.05) is 6.54 Å². The summed E-state index contributed by atoms with van der Waals surface area (Å²) in [6.45, 7) is 1.72. The summed E-state index contributed by atoms with van der Waals surface area (Å²) < 4.78 is 5.37. The Morgan fingerprint density at radius 1 is 1.35 bits per heavy atom. The van der Waals surface area contributed by atoms with Crippen LogP contribution in [-0.4, -0.2) is 29.6 Å². The summed E-state index contributed by atoms with van der Waals surface area (Å²) in [6.07, 6.45) is -0.740. The van der Waals surface area contributed by atoms with Gasteiger partial charge in [-0.1, -0.05) is 18.2 Å². The quantitative estimate of drug-likeness (QED) is 0.775. The summed E-state index contributed by atoms with van der Waals surface area (Å²) >= 11 is 0. The average molecular weight is 237 g/mol. The smallest absolute Gasteiger partial charge is 0.305 e. The molecular weight excluding hydrogens is 222 g/mol. The van der Waals surface area contributed by atoms with E-state index < -0.39 is 12.1 Å². The second kappa shape index (κ2) is 6.52. The van der Waals surface area contributed by atoms with E-state index in [2.05, 4.69) is 5.32 Å². The first-order chi connectivity index (χ1) is 8.09. The standard InChI is InChI=1S/C12H15NO4/c1-9(12(16)13-8-7-11(14)15)17-10-5-3-2-4-6-10/h2-6,9H,7-8H2,1H3,(H,13,16)(H,14,15). The maximum Gasteiger partial charge on any atom is 0.305 e. The van der Waals surface area contributed by atoms with E-state index in [4.69, 9.17) is 9.84 Å². The van der Waals surface area contributed by atoms with Crippen molar-refractivity contribution < 1.29 is 19.4 Å². The van der Waals surface area contributed by atoms with Gasteiger partial charge in [0.15, 0.2) is 6.10 Å². The van der Waals surface area contributed by atoms with Crippen LogP contribution in [-0.2, 0) is 9.59 Å². The number of ether oxygens (including phenoxy) is 1. The van der Waals surface area contributed by atoms with Crippen molar-refractivity contribution >= 4 is 11.9 Å². The molecule has 5 heteroatoms. The SMILES string of the molecule is CC(Oc1ccccc1)C(=O)NCCC(=O)O. The van der Waals surface area contributed by atoms with Gasteiger partial charge >= 0.3 is 5.97 Å². The van der Waals surface area contributed by atoms with E-state index in [0.29, 0.717) is 5.75 Å². The summed E-state index contributed by atoms with van der Waals surface area (Å²) in [6, 6.07) is 8.97. The first-order valence-electron chi connectivity index (χ1n) is 5.31. The van der Waals surface area contributed by atoms with Crippen LogP contribution in [0.4, 0.5) is 0 Å². The average Bonchev–Trinajstić information content (AvgIpc) is 2.29. The lowest BCUT2D eigenvalue weighted by Crippen LogP contribution is -2.37. The Bertz CT molecular complexity index is 377. The fourth-order valence-corrected chi connectivity index (χ4v) is 1.19. The number of nitrogens with one attached hydrogen (secondary N) is 1. The minimum absolute atomic E-state index is 0.0935. The van der Waals surface area contributed by atoms with Crippen LogP contribution < -0.4 is 10.1 Å². The lowest BCUT2D eigenvalue weighted by atomic mass is 10.3. The number of hydrogen-bond acceptors (Lipinski definition) is 3. The zero-order valence-electron chi connectivity index (χ0n) is 9.55. The number of rotatable bonds is 6. The molecule has 0 aliphatic carbocycles. The van der Waals surface area contributed by atoms with Crippen LogP contribution in [0, 0.1) is 0 Å². The lowest BCUT2D eigenvalue weighted by molar-refractivity contribution is -0.137. The Kier molecular flexibility index (Phi) is 5.00. The highest BCUT2D eigenvalue weighted by molar-refractivity contribution is 5.81. The van der Waals surface area contributed by atoms with Gasteiger partial charge in [0.05, 0.1) is 6.42 Å². The van der Waals surface area contributed by atoms with Crippen LogP contribution in [0.15, 0.2) is 30.3 Å². The molecular formula is C12H15NO4. The van der Waals surface area contributed by atoms with Crippen LogP contribution in [0.1, 0.15) is 13.3 Å². The molecule has 1 aromatic carbocycles. The molecule has 1 aromatic rings. The van der Waals surface area contributed by atoms with Gasteiger partial charge in [0.25, 0.3) is 5.91 Å². The molecule has 92 valence electrons. The molecule has 5 nitrogen and oxygen atoms in total. The molecule has 17 heavy (non-hydrogen) atoms. The number of carboxylic acids is 1. The number of carboxylic acid groups (broad SMARTS) is 1. The summed E-state index contributed by atoms with van der Waals surface area (Å²) in [5.74, 6) is -0.662. The van der Waals surface area contributed by atoms with E-state index >= 15 is 0 Å². The molecule has 1 atom stereocenters. The third-order valence-corrected chi connectivity index (χ3v) is 2.06. The molecule has 0 aliphatic heterocycles. The van der Waals surface area contributed by atoms with E-state index in [-0.39, 0.29) is 18.9 Å². The van der Waals surface area contributed by atoms with Crippen LogP contribution >= 0.6 is 0 Å². The van der Waals surface area contributed by atoms with Crippen LogP contribution in [0.2, 0.25) is 0 Å². The first-order valence-corrected chi connectivity index (χ1v) is 5.31. The second-order valence-electron chi connectivity index (χ2n) is 3.51. The molecule has 0 saturated heterocycles.